The minimum absolute atomic E-state index is 0.0310. The average Bonchev–Trinajstić information content (AvgIpc) is 2.65. The quantitative estimate of drug-likeness (QED) is 0.741. The van der Waals surface area contributed by atoms with E-state index < -0.39 is 15.9 Å². The van der Waals surface area contributed by atoms with Gasteiger partial charge in [-0.05, 0) is 43.5 Å². The first-order chi connectivity index (χ1) is 12.4. The summed E-state index contributed by atoms with van der Waals surface area (Å²) in [5.41, 5.74) is 1.33. The third-order valence-corrected chi connectivity index (χ3v) is 5.61. The molecule has 1 unspecified atom stereocenters. The van der Waals surface area contributed by atoms with Crippen molar-refractivity contribution in [1.29, 1.82) is 0 Å². The molecule has 0 spiro atoms. The van der Waals surface area contributed by atoms with Crippen molar-refractivity contribution in [2.45, 2.75) is 30.7 Å². The van der Waals surface area contributed by atoms with Gasteiger partial charge in [0.15, 0.2) is 0 Å². The van der Waals surface area contributed by atoms with Crippen LogP contribution in [0.5, 0.6) is 5.75 Å². The zero-order chi connectivity index (χ0) is 19.2. The van der Waals surface area contributed by atoms with Gasteiger partial charge in [-0.15, -0.1) is 0 Å². The molecule has 0 fully saturated rings. The van der Waals surface area contributed by atoms with Gasteiger partial charge in [0.2, 0.25) is 10.0 Å². The number of benzene rings is 2. The van der Waals surface area contributed by atoms with E-state index in [-0.39, 0.29) is 16.5 Å². The minimum atomic E-state index is -3.74. The molecule has 2 rings (SSSR count). The molecule has 0 bridgehead atoms. The van der Waals surface area contributed by atoms with Crippen LogP contribution in [0.4, 0.5) is 0 Å². The second-order valence-corrected chi connectivity index (χ2v) is 7.70. The molecule has 0 radical (unpaired) electrons. The fourth-order valence-corrected chi connectivity index (χ4v) is 3.89. The first kappa shape index (κ1) is 19.9. The van der Waals surface area contributed by atoms with Crippen LogP contribution >= 0.6 is 0 Å². The van der Waals surface area contributed by atoms with Crippen molar-refractivity contribution in [2.24, 2.45) is 0 Å². The van der Waals surface area contributed by atoms with E-state index in [4.69, 9.17) is 4.74 Å². The summed E-state index contributed by atoms with van der Waals surface area (Å²) >= 11 is 0. The molecule has 0 saturated heterocycles. The highest BCUT2D eigenvalue weighted by Crippen LogP contribution is 2.22. The van der Waals surface area contributed by atoms with Gasteiger partial charge in [0.1, 0.15) is 5.75 Å². The molecule has 0 saturated carbocycles. The number of rotatable bonds is 8. The van der Waals surface area contributed by atoms with Crippen molar-refractivity contribution in [2.75, 3.05) is 14.2 Å². The standard InChI is InChI=1S/C19H24N2O4S/c1-14(9-10-15-7-5-4-6-8-15)21-26(23,24)16-11-12-18(25-3)17(13-16)19(22)20-2/h4-8,11-14,21H,9-10H2,1-3H3,(H,20,22). The molecule has 1 amide bonds. The Bertz CT molecular complexity index is 851. The van der Waals surface area contributed by atoms with Crippen molar-refractivity contribution in [3.63, 3.8) is 0 Å². The number of ether oxygens (including phenoxy) is 1. The van der Waals surface area contributed by atoms with Crippen LogP contribution in [-0.2, 0) is 16.4 Å². The Labute approximate surface area is 154 Å². The van der Waals surface area contributed by atoms with Crippen LogP contribution in [0.25, 0.3) is 0 Å². The molecule has 2 aromatic carbocycles. The van der Waals surface area contributed by atoms with Crippen molar-refractivity contribution in [1.82, 2.24) is 10.0 Å². The Balaban J connectivity index is 2.12. The molecule has 0 aliphatic rings. The number of carbonyl (C=O) groups is 1. The van der Waals surface area contributed by atoms with Crippen LogP contribution in [0.3, 0.4) is 0 Å². The summed E-state index contributed by atoms with van der Waals surface area (Å²) in [7, 11) is -0.829. The summed E-state index contributed by atoms with van der Waals surface area (Å²) in [5.74, 6) is -0.0866. The van der Waals surface area contributed by atoms with E-state index in [0.29, 0.717) is 12.2 Å². The van der Waals surface area contributed by atoms with Crippen LogP contribution in [-0.4, -0.2) is 34.5 Å². The molecule has 26 heavy (non-hydrogen) atoms. The number of carbonyl (C=O) groups excluding carboxylic acids is 1. The molecule has 1 atom stereocenters. The van der Waals surface area contributed by atoms with Crippen molar-refractivity contribution in [3.05, 3.63) is 59.7 Å². The van der Waals surface area contributed by atoms with Crippen molar-refractivity contribution >= 4 is 15.9 Å². The Kier molecular flexibility index (Phi) is 6.76. The van der Waals surface area contributed by atoms with Gasteiger partial charge in [0, 0.05) is 13.1 Å². The smallest absolute Gasteiger partial charge is 0.254 e. The molecule has 140 valence electrons. The second kappa shape index (κ2) is 8.82. The van der Waals surface area contributed by atoms with Crippen LogP contribution in [0.2, 0.25) is 0 Å². The highest BCUT2D eigenvalue weighted by atomic mass is 32.2. The molecule has 7 heteroatoms. The highest BCUT2D eigenvalue weighted by Gasteiger charge is 2.21. The van der Waals surface area contributed by atoms with Gasteiger partial charge in [0.25, 0.3) is 5.91 Å². The number of nitrogens with one attached hydrogen (secondary N) is 2. The van der Waals surface area contributed by atoms with Gasteiger partial charge in [-0.25, -0.2) is 13.1 Å². The SMILES string of the molecule is CNC(=O)c1cc(S(=O)(=O)NC(C)CCc2ccccc2)ccc1OC. The largest absolute Gasteiger partial charge is 0.496 e. The van der Waals surface area contributed by atoms with E-state index in [1.807, 2.05) is 37.3 Å². The number of amides is 1. The third kappa shape index (κ3) is 5.06. The Hall–Kier alpha value is -2.38. The number of hydrogen-bond donors (Lipinski definition) is 2. The van der Waals surface area contributed by atoms with Crippen molar-refractivity contribution < 1.29 is 17.9 Å². The first-order valence-electron chi connectivity index (χ1n) is 8.33. The fourth-order valence-electron chi connectivity index (χ4n) is 2.59. The maximum Gasteiger partial charge on any atom is 0.254 e. The Morgan fingerprint density at radius 2 is 1.85 bits per heavy atom. The molecular formula is C19H24N2O4S. The lowest BCUT2D eigenvalue weighted by Gasteiger charge is -2.15. The number of hydrogen-bond acceptors (Lipinski definition) is 4. The monoisotopic (exact) mass is 376 g/mol. The van der Waals surface area contributed by atoms with Gasteiger partial charge in [-0.1, -0.05) is 30.3 Å². The summed E-state index contributed by atoms with van der Waals surface area (Å²) in [6.45, 7) is 1.82. The Morgan fingerprint density at radius 3 is 2.46 bits per heavy atom. The first-order valence-corrected chi connectivity index (χ1v) is 9.82. The maximum atomic E-state index is 12.6. The molecule has 0 aliphatic heterocycles. The van der Waals surface area contributed by atoms with Gasteiger partial charge >= 0.3 is 0 Å². The van der Waals surface area contributed by atoms with Crippen LogP contribution < -0.4 is 14.8 Å². The summed E-state index contributed by atoms with van der Waals surface area (Å²) in [4.78, 5) is 12.0. The summed E-state index contributed by atoms with van der Waals surface area (Å²) in [6.07, 6.45) is 1.44. The highest BCUT2D eigenvalue weighted by molar-refractivity contribution is 7.89. The fraction of sp³-hybridized carbons (Fsp3) is 0.316. The summed E-state index contributed by atoms with van der Waals surface area (Å²) in [5, 5.41) is 2.48. The third-order valence-electron chi connectivity index (χ3n) is 4.02. The number of sulfonamides is 1. The average molecular weight is 376 g/mol. The van der Waals surface area contributed by atoms with E-state index in [1.165, 1.54) is 32.4 Å². The van der Waals surface area contributed by atoms with E-state index in [0.717, 1.165) is 12.0 Å². The normalized spacial score (nSPS) is 12.4. The minimum Gasteiger partial charge on any atom is -0.496 e. The van der Waals surface area contributed by atoms with Gasteiger partial charge in [0.05, 0.1) is 17.6 Å². The molecule has 0 heterocycles. The lowest BCUT2D eigenvalue weighted by atomic mass is 10.1. The zero-order valence-electron chi connectivity index (χ0n) is 15.2. The zero-order valence-corrected chi connectivity index (χ0v) is 16.0. The lowest BCUT2D eigenvalue weighted by molar-refractivity contribution is 0.0960. The van der Waals surface area contributed by atoms with E-state index in [2.05, 4.69) is 10.0 Å². The molecule has 2 aromatic rings. The van der Waals surface area contributed by atoms with Crippen molar-refractivity contribution in [3.8, 4) is 5.75 Å². The van der Waals surface area contributed by atoms with Gasteiger partial charge in [-0.2, -0.15) is 0 Å². The molecule has 0 aromatic heterocycles. The second-order valence-electron chi connectivity index (χ2n) is 5.99. The van der Waals surface area contributed by atoms with Gasteiger partial charge < -0.3 is 10.1 Å². The lowest BCUT2D eigenvalue weighted by Crippen LogP contribution is -2.33. The van der Waals surface area contributed by atoms with E-state index in [1.54, 1.807) is 0 Å². The molecule has 6 nitrogen and oxygen atoms in total. The maximum absolute atomic E-state index is 12.6. The predicted molar refractivity (Wildman–Crippen MR) is 101 cm³/mol. The molecule has 0 aliphatic carbocycles. The number of methoxy groups -OCH3 is 1. The number of aryl methyl sites for hydroxylation is 1. The summed E-state index contributed by atoms with van der Waals surface area (Å²) in [6, 6.07) is 13.9. The van der Waals surface area contributed by atoms with Crippen LogP contribution in [0.15, 0.2) is 53.4 Å². The van der Waals surface area contributed by atoms with E-state index in [9.17, 15) is 13.2 Å². The van der Waals surface area contributed by atoms with E-state index >= 15 is 0 Å². The Morgan fingerprint density at radius 1 is 1.15 bits per heavy atom. The summed E-state index contributed by atoms with van der Waals surface area (Å²) < 4.78 is 33.1. The van der Waals surface area contributed by atoms with Gasteiger partial charge in [-0.3, -0.25) is 4.79 Å². The van der Waals surface area contributed by atoms with Crippen LogP contribution in [0.1, 0.15) is 29.3 Å². The van der Waals surface area contributed by atoms with Crippen LogP contribution in [0, 0.1) is 0 Å². The topological polar surface area (TPSA) is 84.5 Å². The molecule has 2 N–H and O–H groups in total. The molecular weight excluding hydrogens is 352 g/mol. The predicted octanol–water partition coefficient (Wildman–Crippen LogP) is 2.35.